The lowest BCUT2D eigenvalue weighted by atomic mass is 10.2. The fourth-order valence-electron chi connectivity index (χ4n) is 3.34. The molecule has 5 aromatic rings. The van der Waals surface area contributed by atoms with Crippen LogP contribution in [0.5, 0.6) is 0 Å². The van der Waals surface area contributed by atoms with Gasteiger partial charge in [-0.1, -0.05) is 12.1 Å². The van der Waals surface area contributed by atoms with Gasteiger partial charge in [0.15, 0.2) is 5.65 Å². The van der Waals surface area contributed by atoms with Crippen molar-refractivity contribution in [2.75, 3.05) is 5.32 Å². The summed E-state index contributed by atoms with van der Waals surface area (Å²) in [5.74, 6) is -0.241. The van der Waals surface area contributed by atoms with Gasteiger partial charge in [0.1, 0.15) is 5.52 Å². The van der Waals surface area contributed by atoms with E-state index in [4.69, 9.17) is 0 Å². The van der Waals surface area contributed by atoms with Crippen molar-refractivity contribution in [2.45, 2.75) is 6.54 Å². The summed E-state index contributed by atoms with van der Waals surface area (Å²) < 4.78 is 3.68. The largest absolute Gasteiger partial charge is 0.321 e. The highest BCUT2D eigenvalue weighted by Crippen LogP contribution is 2.23. The summed E-state index contributed by atoms with van der Waals surface area (Å²) in [4.78, 5) is 26.0. The third kappa shape index (κ3) is 3.10. The molecule has 29 heavy (non-hydrogen) atoms. The van der Waals surface area contributed by atoms with E-state index in [2.05, 4.69) is 25.4 Å². The van der Waals surface area contributed by atoms with Gasteiger partial charge in [-0.2, -0.15) is 5.10 Å². The minimum Gasteiger partial charge on any atom is -0.321 e. The molecule has 1 amide bonds. The van der Waals surface area contributed by atoms with Crippen molar-refractivity contribution in [3.8, 4) is 0 Å². The number of carbonyl (C=O) groups is 1. The van der Waals surface area contributed by atoms with E-state index in [0.29, 0.717) is 29.0 Å². The van der Waals surface area contributed by atoms with E-state index in [1.54, 1.807) is 35.7 Å². The Morgan fingerprint density at radius 2 is 2.00 bits per heavy atom. The van der Waals surface area contributed by atoms with Crippen molar-refractivity contribution in [3.05, 3.63) is 78.6 Å². The van der Waals surface area contributed by atoms with Crippen LogP contribution >= 0.6 is 0 Å². The van der Waals surface area contributed by atoms with Crippen LogP contribution in [0.4, 0.5) is 5.69 Å². The molecule has 5 rings (SSSR count). The number of imidazole rings is 1. The van der Waals surface area contributed by atoms with Gasteiger partial charge in [0.05, 0.1) is 41.5 Å². The topological polar surface area (TPSA) is 90.5 Å². The highest BCUT2D eigenvalue weighted by Gasteiger charge is 2.13. The van der Waals surface area contributed by atoms with Gasteiger partial charge < -0.3 is 9.88 Å². The molecule has 0 aliphatic carbocycles. The number of benzene rings is 1. The number of aromatic nitrogens is 6. The number of nitrogens with one attached hydrogen (secondary N) is 1. The molecule has 4 heterocycles. The van der Waals surface area contributed by atoms with Gasteiger partial charge in [0.25, 0.3) is 5.91 Å². The van der Waals surface area contributed by atoms with Crippen molar-refractivity contribution in [2.24, 2.45) is 7.05 Å². The number of pyridine rings is 2. The molecule has 4 aromatic heterocycles. The fraction of sp³-hybridized carbons (Fsp3) is 0.0952. The maximum Gasteiger partial charge on any atom is 0.257 e. The predicted octanol–water partition coefficient (Wildman–Crippen LogP) is 3.01. The highest BCUT2D eigenvalue weighted by molar-refractivity contribution is 6.09. The third-order valence-corrected chi connectivity index (χ3v) is 4.82. The molecule has 0 aliphatic heterocycles. The molecule has 1 aromatic carbocycles. The van der Waals surface area contributed by atoms with E-state index in [1.807, 2.05) is 48.0 Å². The molecule has 0 fully saturated rings. The van der Waals surface area contributed by atoms with Gasteiger partial charge in [0, 0.05) is 24.8 Å². The summed E-state index contributed by atoms with van der Waals surface area (Å²) in [6.07, 6.45) is 6.78. The maximum atomic E-state index is 12.8. The highest BCUT2D eigenvalue weighted by atomic mass is 16.1. The van der Waals surface area contributed by atoms with Gasteiger partial charge >= 0.3 is 0 Å². The SMILES string of the molecule is Cn1ncc2c(NC(=O)c3cnc4c(c3)ncn4Cc3ccccn3)cccc21. The molecule has 0 bridgehead atoms. The predicted molar refractivity (Wildman–Crippen MR) is 110 cm³/mol. The zero-order valence-corrected chi connectivity index (χ0v) is 15.6. The monoisotopic (exact) mass is 383 g/mol. The molecule has 0 unspecified atom stereocenters. The number of hydrogen-bond acceptors (Lipinski definition) is 5. The van der Waals surface area contributed by atoms with Gasteiger partial charge in [0.2, 0.25) is 0 Å². The maximum absolute atomic E-state index is 12.8. The fourth-order valence-corrected chi connectivity index (χ4v) is 3.34. The van der Waals surface area contributed by atoms with Crippen molar-refractivity contribution < 1.29 is 4.79 Å². The quantitative estimate of drug-likeness (QED) is 0.515. The number of fused-ring (bicyclic) bond motifs is 2. The molecule has 8 heteroatoms. The van der Waals surface area contributed by atoms with Crippen molar-refractivity contribution in [1.29, 1.82) is 0 Å². The van der Waals surface area contributed by atoms with Crippen molar-refractivity contribution >= 4 is 33.7 Å². The van der Waals surface area contributed by atoms with E-state index in [-0.39, 0.29) is 5.91 Å². The standard InChI is InChI=1S/C21H17N7O/c1-27-19-7-4-6-17(16(19)11-25-27)26-21(29)14-9-18-20(23-10-14)28(13-24-18)12-15-5-2-3-8-22-15/h2-11,13H,12H2,1H3,(H,26,29). The Kier molecular flexibility index (Phi) is 4.02. The lowest BCUT2D eigenvalue weighted by Crippen LogP contribution is -2.12. The Morgan fingerprint density at radius 1 is 1.07 bits per heavy atom. The lowest BCUT2D eigenvalue weighted by molar-refractivity contribution is 0.102. The first-order valence-electron chi connectivity index (χ1n) is 9.12. The molecule has 0 saturated carbocycles. The number of rotatable bonds is 4. The summed E-state index contributed by atoms with van der Waals surface area (Å²) >= 11 is 0. The molecule has 0 aliphatic rings. The van der Waals surface area contributed by atoms with E-state index in [9.17, 15) is 4.79 Å². The number of aryl methyl sites for hydroxylation is 1. The van der Waals surface area contributed by atoms with Gasteiger partial charge in [-0.15, -0.1) is 0 Å². The van der Waals surface area contributed by atoms with Crippen LogP contribution in [0.2, 0.25) is 0 Å². The molecule has 1 N–H and O–H groups in total. The van der Waals surface area contributed by atoms with Crippen LogP contribution < -0.4 is 5.32 Å². The average molecular weight is 383 g/mol. The lowest BCUT2D eigenvalue weighted by Gasteiger charge is -2.07. The van der Waals surface area contributed by atoms with Crippen LogP contribution in [0.3, 0.4) is 0 Å². The Bertz CT molecular complexity index is 1340. The number of anilines is 1. The first-order valence-corrected chi connectivity index (χ1v) is 9.12. The molecular formula is C21H17N7O. The molecule has 142 valence electrons. The van der Waals surface area contributed by atoms with Gasteiger partial charge in [-0.05, 0) is 30.3 Å². The Balaban J connectivity index is 1.42. The zero-order valence-electron chi connectivity index (χ0n) is 15.6. The summed E-state index contributed by atoms with van der Waals surface area (Å²) in [6.45, 7) is 0.568. The third-order valence-electron chi connectivity index (χ3n) is 4.82. The number of nitrogens with zero attached hydrogens (tertiary/aromatic N) is 6. The van der Waals surface area contributed by atoms with Crippen LogP contribution in [0, 0.1) is 0 Å². The average Bonchev–Trinajstić information content (AvgIpc) is 3.33. The summed E-state index contributed by atoms with van der Waals surface area (Å²) in [7, 11) is 1.87. The van der Waals surface area contributed by atoms with E-state index in [1.165, 1.54) is 0 Å². The van der Waals surface area contributed by atoms with Crippen LogP contribution in [0.1, 0.15) is 16.1 Å². The van der Waals surface area contributed by atoms with Crippen LogP contribution in [-0.4, -0.2) is 35.2 Å². The molecule has 8 nitrogen and oxygen atoms in total. The Hall–Kier alpha value is -4.07. The molecule has 0 spiro atoms. The van der Waals surface area contributed by atoms with Crippen LogP contribution in [-0.2, 0) is 13.6 Å². The molecule has 0 saturated heterocycles. The number of carbonyl (C=O) groups excluding carboxylic acids is 1. The van der Waals surface area contributed by atoms with Crippen molar-refractivity contribution in [3.63, 3.8) is 0 Å². The number of hydrogen-bond donors (Lipinski definition) is 1. The molecule has 0 radical (unpaired) electrons. The van der Waals surface area contributed by atoms with Gasteiger partial charge in [-0.25, -0.2) is 9.97 Å². The summed E-state index contributed by atoms with van der Waals surface area (Å²) in [5, 5.41) is 8.08. The molecular weight excluding hydrogens is 366 g/mol. The first-order chi connectivity index (χ1) is 14.2. The molecule has 0 atom stereocenters. The zero-order chi connectivity index (χ0) is 19.8. The second kappa shape index (κ2) is 6.83. The van der Waals surface area contributed by atoms with Gasteiger partial charge in [-0.3, -0.25) is 14.5 Å². The second-order valence-electron chi connectivity index (χ2n) is 6.72. The van der Waals surface area contributed by atoms with E-state index < -0.39 is 0 Å². The summed E-state index contributed by atoms with van der Waals surface area (Å²) in [6, 6.07) is 13.2. The minimum atomic E-state index is -0.241. The first kappa shape index (κ1) is 17.1. The summed E-state index contributed by atoms with van der Waals surface area (Å²) in [5.41, 5.74) is 4.39. The Labute approximate surface area is 165 Å². The van der Waals surface area contributed by atoms with Crippen LogP contribution in [0.25, 0.3) is 22.1 Å². The van der Waals surface area contributed by atoms with Crippen LogP contribution in [0.15, 0.2) is 67.4 Å². The second-order valence-corrected chi connectivity index (χ2v) is 6.72. The normalized spacial score (nSPS) is 11.2. The minimum absolute atomic E-state index is 0.241. The van der Waals surface area contributed by atoms with Crippen molar-refractivity contribution in [1.82, 2.24) is 29.3 Å². The van der Waals surface area contributed by atoms with E-state index in [0.717, 1.165) is 16.6 Å². The van der Waals surface area contributed by atoms with E-state index >= 15 is 0 Å². The smallest absolute Gasteiger partial charge is 0.257 e. The number of amides is 1. The Morgan fingerprint density at radius 3 is 2.86 bits per heavy atom.